The van der Waals surface area contributed by atoms with Crippen LogP contribution >= 0.6 is 0 Å². The molecule has 0 aromatic heterocycles. The Morgan fingerprint density at radius 2 is 1.61 bits per heavy atom. The molecule has 0 saturated carbocycles. The first-order valence-corrected chi connectivity index (χ1v) is 11.0. The number of nitrogens with zero attached hydrogens (tertiary/aromatic N) is 1. The number of carbonyl (C=O) groups excluding carboxylic acids is 3. The number of nitrogens with one attached hydrogen (secondary N) is 2. The SMILES string of the molecule is C[C@]1(c2ccc(OC(F)F)cc2)NC(=O)N(CC(=O)Nc2ccc(OCc3ccccc3)cc2)C1=O. The number of urea groups is 1. The molecular formula is C26H23F2N3O5. The van der Waals surface area contributed by atoms with Gasteiger partial charge in [-0.25, -0.2) is 4.79 Å². The van der Waals surface area contributed by atoms with Crippen LogP contribution in [0.15, 0.2) is 78.9 Å². The summed E-state index contributed by atoms with van der Waals surface area (Å²) in [6.07, 6.45) is 0. The van der Waals surface area contributed by atoms with Crippen molar-refractivity contribution in [3.63, 3.8) is 0 Å². The van der Waals surface area contributed by atoms with Gasteiger partial charge in [-0.05, 0) is 54.4 Å². The van der Waals surface area contributed by atoms with Gasteiger partial charge < -0.3 is 20.1 Å². The van der Waals surface area contributed by atoms with Crippen LogP contribution < -0.4 is 20.1 Å². The van der Waals surface area contributed by atoms with E-state index >= 15 is 0 Å². The molecule has 4 amide bonds. The molecule has 3 aromatic carbocycles. The number of benzene rings is 3. The zero-order chi connectivity index (χ0) is 25.7. The van der Waals surface area contributed by atoms with Crippen LogP contribution in [0.25, 0.3) is 0 Å². The molecule has 1 saturated heterocycles. The fraction of sp³-hybridized carbons (Fsp3) is 0.192. The first-order valence-electron chi connectivity index (χ1n) is 11.0. The number of halogens is 2. The van der Waals surface area contributed by atoms with E-state index in [-0.39, 0.29) is 5.75 Å². The Labute approximate surface area is 205 Å². The number of amides is 4. The van der Waals surface area contributed by atoms with Crippen molar-refractivity contribution in [3.05, 3.63) is 90.0 Å². The van der Waals surface area contributed by atoms with E-state index in [1.807, 2.05) is 30.3 Å². The van der Waals surface area contributed by atoms with Gasteiger partial charge >= 0.3 is 12.6 Å². The highest BCUT2D eigenvalue weighted by molar-refractivity contribution is 6.10. The number of hydrogen-bond donors (Lipinski definition) is 2. The van der Waals surface area contributed by atoms with Gasteiger partial charge in [-0.3, -0.25) is 14.5 Å². The molecule has 0 unspecified atom stereocenters. The number of hydrogen-bond acceptors (Lipinski definition) is 5. The van der Waals surface area contributed by atoms with E-state index in [4.69, 9.17) is 4.74 Å². The molecule has 0 aliphatic carbocycles. The zero-order valence-corrected chi connectivity index (χ0v) is 19.2. The summed E-state index contributed by atoms with van der Waals surface area (Å²) in [6.45, 7) is -1.60. The second-order valence-electron chi connectivity index (χ2n) is 8.20. The monoisotopic (exact) mass is 495 g/mol. The Bertz CT molecular complexity index is 1240. The fourth-order valence-electron chi connectivity index (χ4n) is 3.73. The van der Waals surface area contributed by atoms with Gasteiger partial charge in [0.2, 0.25) is 5.91 Å². The number of ether oxygens (including phenoxy) is 2. The Morgan fingerprint density at radius 3 is 2.25 bits per heavy atom. The van der Waals surface area contributed by atoms with Crippen LogP contribution in [-0.4, -0.2) is 35.9 Å². The van der Waals surface area contributed by atoms with E-state index in [1.165, 1.54) is 31.2 Å². The van der Waals surface area contributed by atoms with Crippen LogP contribution in [0.3, 0.4) is 0 Å². The highest BCUT2D eigenvalue weighted by Gasteiger charge is 2.49. The van der Waals surface area contributed by atoms with E-state index < -0.39 is 36.5 Å². The lowest BCUT2D eigenvalue weighted by Gasteiger charge is -2.22. The Morgan fingerprint density at radius 1 is 0.972 bits per heavy atom. The highest BCUT2D eigenvalue weighted by Crippen LogP contribution is 2.30. The van der Waals surface area contributed by atoms with Crippen molar-refractivity contribution >= 4 is 23.5 Å². The standard InChI is InChI=1S/C26H23F2N3O5/c1-26(18-7-11-21(12-8-18)36-24(27)28)23(33)31(25(34)30-26)15-22(32)29-19-9-13-20(14-10-19)35-16-17-5-3-2-4-6-17/h2-14,24H,15-16H2,1H3,(H,29,32)(H,30,34)/t26-/m1/s1. The van der Waals surface area contributed by atoms with Crippen molar-refractivity contribution in [3.8, 4) is 11.5 Å². The minimum absolute atomic E-state index is 0.0816. The quantitative estimate of drug-likeness (QED) is 0.432. The predicted octanol–water partition coefficient (Wildman–Crippen LogP) is 4.27. The molecule has 4 rings (SSSR count). The van der Waals surface area contributed by atoms with Gasteiger partial charge in [-0.15, -0.1) is 0 Å². The third kappa shape index (κ3) is 5.60. The van der Waals surface area contributed by atoms with Crippen molar-refractivity contribution in [1.82, 2.24) is 10.2 Å². The largest absolute Gasteiger partial charge is 0.489 e. The number of anilines is 1. The molecule has 1 aliphatic heterocycles. The van der Waals surface area contributed by atoms with Gasteiger partial charge in [-0.2, -0.15) is 8.78 Å². The van der Waals surface area contributed by atoms with Crippen molar-refractivity contribution in [2.45, 2.75) is 25.7 Å². The second-order valence-corrected chi connectivity index (χ2v) is 8.20. The van der Waals surface area contributed by atoms with Gasteiger partial charge in [0.15, 0.2) is 0 Å². The maximum Gasteiger partial charge on any atom is 0.387 e. The molecule has 2 N–H and O–H groups in total. The van der Waals surface area contributed by atoms with Crippen LogP contribution in [0.2, 0.25) is 0 Å². The minimum atomic E-state index is -2.98. The van der Waals surface area contributed by atoms with Crippen LogP contribution in [0.5, 0.6) is 11.5 Å². The molecule has 0 radical (unpaired) electrons. The average molecular weight is 495 g/mol. The lowest BCUT2D eigenvalue weighted by atomic mass is 9.92. The van der Waals surface area contributed by atoms with Crippen LogP contribution in [0, 0.1) is 0 Å². The summed E-state index contributed by atoms with van der Waals surface area (Å²) < 4.78 is 34.8. The smallest absolute Gasteiger partial charge is 0.387 e. The molecule has 1 heterocycles. The molecule has 1 aliphatic rings. The van der Waals surface area contributed by atoms with E-state index in [1.54, 1.807) is 24.3 Å². The summed E-state index contributed by atoms with van der Waals surface area (Å²) in [4.78, 5) is 38.8. The summed E-state index contributed by atoms with van der Waals surface area (Å²) in [5, 5.41) is 5.21. The van der Waals surface area contributed by atoms with Crippen LogP contribution in [0.1, 0.15) is 18.1 Å². The average Bonchev–Trinajstić information content (AvgIpc) is 3.08. The predicted molar refractivity (Wildman–Crippen MR) is 127 cm³/mol. The fourth-order valence-corrected chi connectivity index (χ4v) is 3.73. The third-order valence-corrected chi connectivity index (χ3v) is 5.62. The molecule has 1 atom stereocenters. The van der Waals surface area contributed by atoms with Gasteiger partial charge in [0, 0.05) is 5.69 Å². The number of imide groups is 1. The van der Waals surface area contributed by atoms with Crippen LogP contribution in [0.4, 0.5) is 19.3 Å². The Kier molecular flexibility index (Phi) is 7.14. The van der Waals surface area contributed by atoms with E-state index in [9.17, 15) is 23.2 Å². The zero-order valence-electron chi connectivity index (χ0n) is 19.2. The summed E-state index contributed by atoms with van der Waals surface area (Å²) >= 11 is 0. The molecule has 0 bridgehead atoms. The molecular weight excluding hydrogens is 472 g/mol. The Balaban J connectivity index is 1.34. The van der Waals surface area contributed by atoms with E-state index in [0.717, 1.165) is 10.5 Å². The first kappa shape index (κ1) is 24.6. The number of alkyl halides is 2. The molecule has 8 nitrogen and oxygen atoms in total. The maximum atomic E-state index is 13.0. The van der Waals surface area contributed by atoms with Gasteiger partial charge in [0.05, 0.1) is 0 Å². The van der Waals surface area contributed by atoms with Crippen LogP contribution in [-0.2, 0) is 21.7 Å². The molecule has 3 aromatic rings. The maximum absolute atomic E-state index is 13.0. The number of carbonyl (C=O) groups is 3. The second kappa shape index (κ2) is 10.4. The summed E-state index contributed by atoms with van der Waals surface area (Å²) in [6, 6.07) is 21.0. The molecule has 186 valence electrons. The highest BCUT2D eigenvalue weighted by atomic mass is 19.3. The molecule has 0 spiro atoms. The summed E-state index contributed by atoms with van der Waals surface area (Å²) in [5.74, 6) is -0.676. The van der Waals surface area contributed by atoms with Crippen molar-refractivity contribution in [2.24, 2.45) is 0 Å². The van der Waals surface area contributed by atoms with Crippen molar-refractivity contribution in [2.75, 3.05) is 11.9 Å². The lowest BCUT2D eigenvalue weighted by molar-refractivity contribution is -0.133. The first-order chi connectivity index (χ1) is 17.2. The normalized spacial score (nSPS) is 17.2. The topological polar surface area (TPSA) is 97.0 Å². The molecule has 10 heteroatoms. The van der Waals surface area contributed by atoms with Crippen molar-refractivity contribution < 1.29 is 32.6 Å². The van der Waals surface area contributed by atoms with Gasteiger partial charge in [0.1, 0.15) is 30.2 Å². The minimum Gasteiger partial charge on any atom is -0.489 e. The van der Waals surface area contributed by atoms with Gasteiger partial charge in [-0.1, -0.05) is 42.5 Å². The van der Waals surface area contributed by atoms with E-state index in [2.05, 4.69) is 15.4 Å². The van der Waals surface area contributed by atoms with Crippen molar-refractivity contribution in [1.29, 1.82) is 0 Å². The number of rotatable bonds is 9. The van der Waals surface area contributed by atoms with Gasteiger partial charge in [0.25, 0.3) is 5.91 Å². The lowest BCUT2D eigenvalue weighted by Crippen LogP contribution is -2.42. The molecule has 36 heavy (non-hydrogen) atoms. The third-order valence-electron chi connectivity index (χ3n) is 5.62. The van der Waals surface area contributed by atoms with E-state index in [0.29, 0.717) is 23.6 Å². The summed E-state index contributed by atoms with van der Waals surface area (Å²) in [7, 11) is 0. The molecule has 1 fully saturated rings. The summed E-state index contributed by atoms with van der Waals surface area (Å²) in [5.41, 5.74) is 0.388. The Hall–Kier alpha value is -4.47.